The van der Waals surface area contributed by atoms with Crippen molar-refractivity contribution in [3.63, 3.8) is 0 Å². The van der Waals surface area contributed by atoms with Crippen molar-refractivity contribution in [1.82, 2.24) is 20.0 Å². The van der Waals surface area contributed by atoms with Crippen molar-refractivity contribution in [2.24, 2.45) is 0 Å². The molecule has 22 heavy (non-hydrogen) atoms. The number of aromatic nitrogens is 4. The molecule has 0 spiro atoms. The molecule has 1 N–H and O–H groups in total. The van der Waals surface area contributed by atoms with Gasteiger partial charge in [-0.3, -0.25) is 9.48 Å². The maximum Gasteiger partial charge on any atom is 0.408 e. The molecule has 0 aliphatic heterocycles. The van der Waals surface area contributed by atoms with Gasteiger partial charge in [0.05, 0.1) is 29.8 Å². The van der Waals surface area contributed by atoms with Gasteiger partial charge in [0.1, 0.15) is 12.2 Å². The van der Waals surface area contributed by atoms with E-state index in [9.17, 15) is 26.7 Å². The highest BCUT2D eigenvalue weighted by Crippen LogP contribution is 2.27. The maximum atomic E-state index is 13.0. The minimum atomic E-state index is -4.74. The van der Waals surface area contributed by atoms with E-state index in [-0.39, 0.29) is 10.4 Å². The third-order valence-corrected chi connectivity index (χ3v) is 2.50. The second kappa shape index (κ2) is 6.03. The zero-order chi connectivity index (χ0) is 16.3. The van der Waals surface area contributed by atoms with E-state index in [2.05, 4.69) is 20.6 Å². The maximum absolute atomic E-state index is 13.0. The van der Waals surface area contributed by atoms with Crippen molar-refractivity contribution in [2.45, 2.75) is 19.1 Å². The summed E-state index contributed by atoms with van der Waals surface area (Å²) in [7, 11) is 0. The molecule has 118 valence electrons. The number of nitrogens with zero attached hydrogens (tertiary/aromatic N) is 4. The molecule has 0 aliphatic rings. The van der Waals surface area contributed by atoms with Crippen molar-refractivity contribution in [3.05, 3.63) is 35.9 Å². The number of carbonyl (C=O) groups is 1. The second-order valence-electron chi connectivity index (χ2n) is 4.10. The fraction of sp³-hybridized carbons (Fsp3) is 0.273. The largest absolute Gasteiger partial charge is 0.408 e. The molecular formula is C11H8F5N5O. The first-order valence-electron chi connectivity index (χ1n) is 5.76. The summed E-state index contributed by atoms with van der Waals surface area (Å²) < 4.78 is 63.0. The van der Waals surface area contributed by atoms with Crippen LogP contribution in [0, 0.1) is 0 Å². The smallest absolute Gasteiger partial charge is 0.320 e. The monoisotopic (exact) mass is 321 g/mol. The molecule has 2 aromatic rings. The molecule has 0 aromatic carbocycles. The molecule has 1 amide bonds. The molecule has 0 atom stereocenters. The lowest BCUT2D eigenvalue weighted by atomic mass is 10.2. The van der Waals surface area contributed by atoms with E-state index in [0.717, 1.165) is 6.20 Å². The third kappa shape index (κ3) is 3.74. The van der Waals surface area contributed by atoms with Crippen LogP contribution in [-0.4, -0.2) is 32.1 Å². The van der Waals surface area contributed by atoms with Crippen LogP contribution in [0.1, 0.15) is 22.5 Å². The molecule has 2 aromatic heterocycles. The van der Waals surface area contributed by atoms with Gasteiger partial charge in [-0.2, -0.15) is 28.5 Å². The summed E-state index contributed by atoms with van der Waals surface area (Å²) in [6.07, 6.45) is -4.96. The summed E-state index contributed by atoms with van der Waals surface area (Å²) in [4.78, 5) is 11.9. The summed E-state index contributed by atoms with van der Waals surface area (Å²) in [5.41, 5.74) is -1.59. The Morgan fingerprint density at radius 1 is 1.27 bits per heavy atom. The van der Waals surface area contributed by atoms with Crippen LogP contribution < -0.4 is 5.32 Å². The van der Waals surface area contributed by atoms with Crippen molar-refractivity contribution in [1.29, 1.82) is 0 Å². The van der Waals surface area contributed by atoms with Crippen LogP contribution >= 0.6 is 0 Å². The van der Waals surface area contributed by atoms with Gasteiger partial charge in [-0.1, -0.05) is 0 Å². The SMILES string of the molecule is O=C(Nc1ccnnc1)c1cnn(CC(F)(F)F)c1C(F)F. The Hall–Kier alpha value is -2.59. The molecule has 0 aliphatic carbocycles. The molecule has 11 heteroatoms. The van der Waals surface area contributed by atoms with Crippen LogP contribution in [0.25, 0.3) is 0 Å². The van der Waals surface area contributed by atoms with Gasteiger partial charge in [-0.25, -0.2) is 8.78 Å². The lowest BCUT2D eigenvalue weighted by Gasteiger charge is -2.11. The minimum Gasteiger partial charge on any atom is -0.320 e. The van der Waals surface area contributed by atoms with Crippen molar-refractivity contribution in [2.75, 3.05) is 5.32 Å². The number of anilines is 1. The normalized spacial score (nSPS) is 11.7. The van der Waals surface area contributed by atoms with Crippen LogP contribution in [0.2, 0.25) is 0 Å². The molecular weight excluding hydrogens is 313 g/mol. The molecule has 0 saturated heterocycles. The van der Waals surface area contributed by atoms with Gasteiger partial charge < -0.3 is 5.32 Å². The predicted molar refractivity (Wildman–Crippen MR) is 63.2 cm³/mol. The van der Waals surface area contributed by atoms with E-state index < -0.39 is 36.3 Å². The number of halogens is 5. The predicted octanol–water partition coefficient (Wildman–Crippen LogP) is 2.43. The van der Waals surface area contributed by atoms with E-state index in [1.165, 1.54) is 12.3 Å². The molecule has 0 fully saturated rings. The first kappa shape index (κ1) is 15.8. The lowest BCUT2D eigenvalue weighted by Crippen LogP contribution is -2.22. The van der Waals surface area contributed by atoms with Gasteiger partial charge in [0.2, 0.25) is 0 Å². The first-order chi connectivity index (χ1) is 10.3. The number of nitrogens with one attached hydrogen (secondary N) is 1. The van der Waals surface area contributed by atoms with E-state index >= 15 is 0 Å². The van der Waals surface area contributed by atoms with Gasteiger partial charge in [0, 0.05) is 0 Å². The van der Waals surface area contributed by atoms with Crippen molar-refractivity contribution in [3.8, 4) is 0 Å². The molecule has 2 heterocycles. The van der Waals surface area contributed by atoms with Crippen LogP contribution in [0.15, 0.2) is 24.7 Å². The number of carbonyl (C=O) groups excluding carboxylic acids is 1. The molecule has 0 bridgehead atoms. The highest BCUT2D eigenvalue weighted by atomic mass is 19.4. The summed E-state index contributed by atoms with van der Waals surface area (Å²) in [6, 6.07) is 1.34. The van der Waals surface area contributed by atoms with E-state index in [1.54, 1.807) is 0 Å². The topological polar surface area (TPSA) is 72.7 Å². The fourth-order valence-corrected chi connectivity index (χ4v) is 1.66. The van der Waals surface area contributed by atoms with E-state index in [0.29, 0.717) is 6.20 Å². The third-order valence-electron chi connectivity index (χ3n) is 2.50. The zero-order valence-electron chi connectivity index (χ0n) is 10.7. The molecule has 0 saturated carbocycles. The Bertz CT molecular complexity index is 655. The first-order valence-corrected chi connectivity index (χ1v) is 5.76. The van der Waals surface area contributed by atoms with Crippen LogP contribution in [0.5, 0.6) is 0 Å². The van der Waals surface area contributed by atoms with Gasteiger partial charge in [-0.05, 0) is 6.07 Å². The quantitative estimate of drug-likeness (QED) is 0.878. The summed E-state index contributed by atoms with van der Waals surface area (Å²) >= 11 is 0. The number of alkyl halides is 5. The zero-order valence-corrected chi connectivity index (χ0v) is 10.7. The Morgan fingerprint density at radius 2 is 2.00 bits per heavy atom. The average Bonchev–Trinajstić information content (AvgIpc) is 2.81. The summed E-state index contributed by atoms with van der Waals surface area (Å²) in [5.74, 6) is -1.02. The van der Waals surface area contributed by atoms with Crippen molar-refractivity contribution < 1.29 is 26.7 Å². The molecule has 0 unspecified atom stereocenters. The lowest BCUT2D eigenvalue weighted by molar-refractivity contribution is -0.143. The number of rotatable bonds is 4. The van der Waals surface area contributed by atoms with Gasteiger partial charge in [0.25, 0.3) is 12.3 Å². The summed E-state index contributed by atoms with van der Waals surface area (Å²) in [5, 5.41) is 12.3. The van der Waals surface area contributed by atoms with E-state index in [4.69, 9.17) is 0 Å². The molecule has 0 radical (unpaired) electrons. The number of amides is 1. The fourth-order valence-electron chi connectivity index (χ4n) is 1.66. The van der Waals surface area contributed by atoms with Gasteiger partial charge in [-0.15, -0.1) is 0 Å². The van der Waals surface area contributed by atoms with Crippen molar-refractivity contribution >= 4 is 11.6 Å². The Labute approximate surface area is 120 Å². The van der Waals surface area contributed by atoms with E-state index in [1.807, 2.05) is 0 Å². The highest BCUT2D eigenvalue weighted by molar-refractivity contribution is 6.04. The average molecular weight is 321 g/mol. The highest BCUT2D eigenvalue weighted by Gasteiger charge is 2.33. The Balaban J connectivity index is 2.29. The molecule has 2 rings (SSSR count). The van der Waals surface area contributed by atoms with Crippen LogP contribution in [0.4, 0.5) is 27.6 Å². The minimum absolute atomic E-state index is 0.0599. The Kier molecular flexibility index (Phi) is 4.33. The standard InChI is InChI=1S/C11H8F5N5O/c12-9(13)8-7(4-19-21(8)5-11(14,15)16)10(22)20-6-1-2-17-18-3-6/h1-4,9H,5H2,(H,17,20,22). The second-order valence-corrected chi connectivity index (χ2v) is 4.10. The van der Waals surface area contributed by atoms with Crippen LogP contribution in [-0.2, 0) is 6.54 Å². The van der Waals surface area contributed by atoms with Gasteiger partial charge in [0.15, 0.2) is 0 Å². The number of hydrogen-bond acceptors (Lipinski definition) is 4. The molecule has 6 nitrogen and oxygen atoms in total. The summed E-state index contributed by atoms with van der Waals surface area (Å²) in [6.45, 7) is -1.71. The number of hydrogen-bond donors (Lipinski definition) is 1. The van der Waals surface area contributed by atoms with Gasteiger partial charge >= 0.3 is 6.18 Å². The Morgan fingerprint density at radius 3 is 2.55 bits per heavy atom. The van der Waals surface area contributed by atoms with Crippen LogP contribution in [0.3, 0.4) is 0 Å².